The average Bonchev–Trinajstić information content (AvgIpc) is 3.69. The summed E-state index contributed by atoms with van der Waals surface area (Å²) in [6.07, 6.45) is 2.58. The van der Waals surface area contributed by atoms with Crippen molar-refractivity contribution in [1.82, 2.24) is 10.2 Å². The van der Waals surface area contributed by atoms with Gasteiger partial charge in [0.2, 0.25) is 0 Å². The smallest absolute Gasteiger partial charge is 0.252 e. The molecule has 4 aromatic rings. The number of azo groups is 1. The van der Waals surface area contributed by atoms with Crippen molar-refractivity contribution in [3.8, 4) is 0 Å². The average molecular weight is 580 g/mol. The summed E-state index contributed by atoms with van der Waals surface area (Å²) >= 11 is 4.89. The van der Waals surface area contributed by atoms with E-state index in [0.29, 0.717) is 5.13 Å². The largest absolute Gasteiger partial charge is 0.363 e. The molecule has 0 unspecified atom stereocenters. The maximum Gasteiger partial charge on any atom is 0.252 e. The number of hydrogen-bond acceptors (Lipinski definition) is 12. The van der Waals surface area contributed by atoms with Crippen LogP contribution in [0.4, 0.5) is 37.9 Å². The first-order valence-corrected chi connectivity index (χ1v) is 15.6. The van der Waals surface area contributed by atoms with Gasteiger partial charge in [0.15, 0.2) is 4.34 Å². The van der Waals surface area contributed by atoms with E-state index in [-0.39, 0.29) is 0 Å². The third kappa shape index (κ3) is 7.00. The molecule has 5 rings (SSSR count). The molecule has 204 valence electrons. The number of benzene rings is 2. The van der Waals surface area contributed by atoms with Gasteiger partial charge in [-0.3, -0.25) is 15.9 Å². The molecule has 0 saturated carbocycles. The third-order valence-corrected chi connectivity index (χ3v) is 9.18. The molecule has 2 aromatic heterocycles. The minimum atomic E-state index is 0.568. The zero-order chi connectivity index (χ0) is 27.2. The van der Waals surface area contributed by atoms with Crippen LogP contribution in [-0.2, 0) is 0 Å². The molecule has 1 fully saturated rings. The van der Waals surface area contributed by atoms with Gasteiger partial charge in [-0.05, 0) is 92.1 Å². The van der Waals surface area contributed by atoms with Gasteiger partial charge < -0.3 is 10.3 Å². The van der Waals surface area contributed by atoms with Crippen molar-refractivity contribution in [3.63, 3.8) is 0 Å². The lowest BCUT2D eigenvalue weighted by Gasteiger charge is -2.24. The lowest BCUT2D eigenvalue weighted by atomic mass is 10.1. The van der Waals surface area contributed by atoms with Gasteiger partial charge in [0.1, 0.15) is 5.00 Å². The van der Waals surface area contributed by atoms with Gasteiger partial charge in [-0.15, -0.1) is 20.4 Å². The summed E-state index contributed by atoms with van der Waals surface area (Å²) in [5.74, 6) is 0.959. The van der Waals surface area contributed by atoms with E-state index in [2.05, 4.69) is 91.8 Å². The second-order valence-electron chi connectivity index (χ2n) is 9.24. The molecule has 3 heterocycles. The normalized spacial score (nSPS) is 13.3. The highest BCUT2D eigenvalue weighted by Gasteiger charge is 2.14. The number of nitrogens with zero attached hydrogens (tertiary/aromatic N) is 6. The topological polar surface area (TPSA) is 93.1 Å². The number of hydrogen-bond donors (Lipinski definition) is 3. The maximum absolute atomic E-state index is 4.38. The quantitative estimate of drug-likeness (QED) is 0.0929. The highest BCUT2D eigenvalue weighted by Crippen LogP contribution is 2.33. The minimum Gasteiger partial charge on any atom is -0.363 e. The van der Waals surface area contributed by atoms with E-state index in [1.54, 1.807) is 23.1 Å². The van der Waals surface area contributed by atoms with Gasteiger partial charge in [-0.2, -0.15) is 0 Å². The number of thiophene rings is 1. The summed E-state index contributed by atoms with van der Waals surface area (Å²) in [5, 5.41) is 21.9. The van der Waals surface area contributed by atoms with E-state index in [0.717, 1.165) is 62.1 Å². The Kier molecular flexibility index (Phi) is 8.84. The number of aromatic nitrogens is 2. The van der Waals surface area contributed by atoms with Crippen molar-refractivity contribution in [1.29, 1.82) is 0 Å². The fourth-order valence-electron chi connectivity index (χ4n) is 4.36. The van der Waals surface area contributed by atoms with Gasteiger partial charge in [-0.1, -0.05) is 41.4 Å². The first-order chi connectivity index (χ1) is 19.0. The Balaban J connectivity index is 1.17. The van der Waals surface area contributed by atoms with Crippen molar-refractivity contribution in [3.05, 3.63) is 59.7 Å². The standard InChI is InChI=1S/C27H33N9S3/c1-5-37-27-33-32-26(39-27)31-29-22-10-8-21(16-18(22)2)34-35(4)23-11-9-20(17-19(23)3)28-30-24-12-13-25(38-24)36-14-6-7-15-36/h8-13,16-17,28,30,34H,5-7,14-15H2,1-4H3/b31-29+. The Hall–Kier alpha value is -3.35. The van der Waals surface area contributed by atoms with Crippen LogP contribution >= 0.6 is 34.4 Å². The molecular weight excluding hydrogens is 547 g/mol. The molecule has 0 radical (unpaired) electrons. The molecule has 0 bridgehead atoms. The number of rotatable bonds is 11. The summed E-state index contributed by atoms with van der Waals surface area (Å²) < 4.78 is 0.912. The molecule has 1 aliphatic heterocycles. The predicted molar refractivity (Wildman–Crippen MR) is 168 cm³/mol. The summed E-state index contributed by atoms with van der Waals surface area (Å²) in [6, 6.07) is 16.7. The Labute approximate surface area is 241 Å². The monoisotopic (exact) mass is 579 g/mol. The fourth-order valence-corrected chi connectivity index (χ4v) is 6.83. The number of nitrogens with one attached hydrogen (secondary N) is 3. The van der Waals surface area contributed by atoms with Crippen molar-refractivity contribution in [2.75, 3.05) is 52.1 Å². The van der Waals surface area contributed by atoms with Crippen LogP contribution in [0.25, 0.3) is 0 Å². The van der Waals surface area contributed by atoms with Crippen LogP contribution in [0.1, 0.15) is 30.9 Å². The van der Waals surface area contributed by atoms with E-state index < -0.39 is 0 Å². The predicted octanol–water partition coefficient (Wildman–Crippen LogP) is 8.25. The lowest BCUT2D eigenvalue weighted by Crippen LogP contribution is -2.25. The Morgan fingerprint density at radius 1 is 0.923 bits per heavy atom. The van der Waals surface area contributed by atoms with Crippen LogP contribution in [0, 0.1) is 13.8 Å². The van der Waals surface area contributed by atoms with Crippen molar-refractivity contribution in [2.24, 2.45) is 10.2 Å². The van der Waals surface area contributed by atoms with E-state index in [1.807, 2.05) is 31.1 Å². The second kappa shape index (κ2) is 12.7. The first kappa shape index (κ1) is 27.2. The molecule has 1 aliphatic rings. The van der Waals surface area contributed by atoms with Crippen molar-refractivity contribution in [2.45, 2.75) is 38.0 Å². The van der Waals surface area contributed by atoms with Gasteiger partial charge in [0.25, 0.3) is 5.13 Å². The molecule has 2 aromatic carbocycles. The van der Waals surface area contributed by atoms with E-state index in [4.69, 9.17) is 0 Å². The van der Waals surface area contributed by atoms with Crippen molar-refractivity contribution >= 4 is 72.3 Å². The Morgan fingerprint density at radius 2 is 1.72 bits per heavy atom. The number of aryl methyl sites for hydroxylation is 2. The molecule has 3 N–H and O–H groups in total. The molecule has 12 heteroatoms. The highest BCUT2D eigenvalue weighted by molar-refractivity contribution is 8.01. The summed E-state index contributed by atoms with van der Waals surface area (Å²) in [7, 11) is 2.02. The Morgan fingerprint density at radius 3 is 2.49 bits per heavy atom. The van der Waals surface area contributed by atoms with Gasteiger partial charge in [0.05, 0.1) is 27.8 Å². The number of hydrazine groups is 2. The number of anilines is 5. The first-order valence-electron chi connectivity index (χ1n) is 12.9. The lowest BCUT2D eigenvalue weighted by molar-refractivity contribution is 0.949. The summed E-state index contributed by atoms with van der Waals surface area (Å²) in [4.78, 5) is 2.46. The van der Waals surface area contributed by atoms with E-state index in [1.165, 1.54) is 29.2 Å². The maximum atomic E-state index is 4.38. The molecule has 1 saturated heterocycles. The SMILES string of the molecule is CCSc1nnc(/N=N/c2ccc(NN(C)c3ccc(NNc4ccc(N5CCCC5)s4)cc3C)cc2C)s1. The summed E-state index contributed by atoms with van der Waals surface area (Å²) in [6.45, 7) is 8.55. The molecule has 0 spiro atoms. The molecule has 0 atom stereocenters. The molecule has 0 aliphatic carbocycles. The second-order valence-corrected chi connectivity index (χ2v) is 12.8. The zero-order valence-corrected chi connectivity index (χ0v) is 25.0. The zero-order valence-electron chi connectivity index (χ0n) is 22.6. The number of thioether (sulfide) groups is 1. The summed E-state index contributed by atoms with van der Waals surface area (Å²) in [5.41, 5.74) is 16.2. The van der Waals surface area contributed by atoms with Gasteiger partial charge in [-0.25, -0.2) is 0 Å². The van der Waals surface area contributed by atoms with Crippen LogP contribution in [0.2, 0.25) is 0 Å². The van der Waals surface area contributed by atoms with E-state index >= 15 is 0 Å². The molecule has 39 heavy (non-hydrogen) atoms. The van der Waals surface area contributed by atoms with Crippen LogP contribution < -0.4 is 26.2 Å². The van der Waals surface area contributed by atoms with Gasteiger partial charge >= 0.3 is 0 Å². The minimum absolute atomic E-state index is 0.568. The van der Waals surface area contributed by atoms with E-state index in [9.17, 15) is 0 Å². The molecular formula is C27H33N9S3. The third-order valence-electron chi connectivity index (χ3n) is 6.30. The van der Waals surface area contributed by atoms with Crippen molar-refractivity contribution < 1.29 is 0 Å². The fraction of sp³-hybridized carbons (Fsp3) is 0.333. The van der Waals surface area contributed by atoms with Crippen LogP contribution in [-0.4, -0.2) is 36.1 Å². The molecule has 0 amide bonds. The van der Waals surface area contributed by atoms with Crippen LogP contribution in [0.5, 0.6) is 0 Å². The van der Waals surface area contributed by atoms with Crippen LogP contribution in [0.15, 0.2) is 63.1 Å². The van der Waals surface area contributed by atoms with Crippen LogP contribution in [0.3, 0.4) is 0 Å². The molecule has 9 nitrogen and oxygen atoms in total. The highest BCUT2D eigenvalue weighted by atomic mass is 32.2. The Bertz CT molecular complexity index is 1430. The van der Waals surface area contributed by atoms with Gasteiger partial charge in [0, 0.05) is 20.1 Å².